The third kappa shape index (κ3) is 3.07. The lowest BCUT2D eigenvalue weighted by Gasteiger charge is -2.38. The Hall–Kier alpha value is -1.10. The van der Waals surface area contributed by atoms with Crippen LogP contribution in [0.4, 0.5) is 0 Å². The molecule has 2 heterocycles. The van der Waals surface area contributed by atoms with E-state index < -0.39 is 0 Å². The molecule has 2 aliphatic rings. The number of rotatable bonds is 5. The minimum absolute atomic E-state index is 0.191. The lowest BCUT2D eigenvalue weighted by atomic mass is 10.1. The number of hydrogen-bond donors (Lipinski definition) is 0. The number of aryl methyl sites for hydroxylation is 2. The van der Waals surface area contributed by atoms with Gasteiger partial charge in [0.2, 0.25) is 0 Å². The fourth-order valence-electron chi connectivity index (χ4n) is 3.49. The Morgan fingerprint density at radius 1 is 1.43 bits per heavy atom. The first-order chi connectivity index (χ1) is 10.2. The van der Waals surface area contributed by atoms with Crippen LogP contribution >= 0.6 is 0 Å². The molecule has 0 unspecified atom stereocenters. The molecule has 3 rings (SSSR count). The first kappa shape index (κ1) is 14.8. The topological polar surface area (TPSA) is 34.8 Å². The van der Waals surface area contributed by atoms with Gasteiger partial charge in [-0.3, -0.25) is 4.90 Å². The van der Waals surface area contributed by atoms with Gasteiger partial charge in [0.15, 0.2) is 0 Å². The molecule has 1 aromatic heterocycles. The average Bonchev–Trinajstić information content (AvgIpc) is 3.02. The summed E-state index contributed by atoms with van der Waals surface area (Å²) < 4.78 is 17.7. The van der Waals surface area contributed by atoms with Gasteiger partial charge in [-0.05, 0) is 38.3 Å². The molecule has 21 heavy (non-hydrogen) atoms. The Labute approximate surface area is 126 Å². The largest absolute Gasteiger partial charge is 0.465 e. The molecule has 0 bridgehead atoms. The van der Waals surface area contributed by atoms with E-state index in [1.165, 1.54) is 5.56 Å². The van der Waals surface area contributed by atoms with Crippen LogP contribution in [0.25, 0.3) is 0 Å². The molecule has 3 atom stereocenters. The summed E-state index contributed by atoms with van der Waals surface area (Å²) in [5.74, 6) is 2.08. The molecular weight excluding hydrogens is 266 g/mol. The fraction of sp³-hybridized carbons (Fsp3) is 0.647. The minimum Gasteiger partial charge on any atom is -0.465 e. The summed E-state index contributed by atoms with van der Waals surface area (Å²) in [6.07, 6.45) is 4.40. The third-order valence-electron chi connectivity index (χ3n) is 4.65. The zero-order valence-electron chi connectivity index (χ0n) is 13.0. The quantitative estimate of drug-likeness (QED) is 0.781. The van der Waals surface area contributed by atoms with Gasteiger partial charge in [0, 0.05) is 12.6 Å². The van der Waals surface area contributed by atoms with Crippen LogP contribution in [-0.4, -0.2) is 42.9 Å². The van der Waals surface area contributed by atoms with Gasteiger partial charge < -0.3 is 13.9 Å². The second-order valence-electron chi connectivity index (χ2n) is 6.06. The van der Waals surface area contributed by atoms with Gasteiger partial charge in [-0.15, -0.1) is 6.58 Å². The summed E-state index contributed by atoms with van der Waals surface area (Å²) in [4.78, 5) is 2.49. The highest BCUT2D eigenvalue weighted by Gasteiger charge is 2.43. The molecular formula is C17H25NO3. The van der Waals surface area contributed by atoms with E-state index in [2.05, 4.69) is 24.5 Å². The van der Waals surface area contributed by atoms with Crippen molar-refractivity contribution in [2.24, 2.45) is 0 Å². The average molecular weight is 291 g/mol. The molecule has 4 heteroatoms. The van der Waals surface area contributed by atoms with Crippen LogP contribution in [0, 0.1) is 13.8 Å². The van der Waals surface area contributed by atoms with Crippen molar-refractivity contribution in [2.75, 3.05) is 19.8 Å². The predicted molar refractivity (Wildman–Crippen MR) is 81.3 cm³/mol. The van der Waals surface area contributed by atoms with E-state index >= 15 is 0 Å². The second kappa shape index (κ2) is 6.34. The van der Waals surface area contributed by atoms with Crippen LogP contribution in [0.1, 0.15) is 29.9 Å². The van der Waals surface area contributed by atoms with Crippen molar-refractivity contribution in [3.63, 3.8) is 0 Å². The van der Waals surface area contributed by atoms with E-state index in [4.69, 9.17) is 13.9 Å². The standard InChI is InChI=1S/C17H25NO3/c1-4-8-19-16-6-5-15-17(16)20-9-7-18(15)11-14-10-12(2)13(3)21-14/h4,10,15-17H,1,5-9,11H2,2-3H3/t15-,16+,17+/m0/s1. The van der Waals surface area contributed by atoms with Gasteiger partial charge >= 0.3 is 0 Å². The Kier molecular flexibility index (Phi) is 4.48. The normalized spacial score (nSPS) is 29.5. The van der Waals surface area contributed by atoms with Gasteiger partial charge in [-0.1, -0.05) is 6.08 Å². The van der Waals surface area contributed by atoms with Gasteiger partial charge in [0.1, 0.15) is 11.5 Å². The van der Waals surface area contributed by atoms with E-state index in [9.17, 15) is 0 Å². The van der Waals surface area contributed by atoms with Crippen LogP contribution in [0.2, 0.25) is 0 Å². The minimum atomic E-state index is 0.191. The van der Waals surface area contributed by atoms with Crippen LogP contribution in [-0.2, 0) is 16.0 Å². The number of furan rings is 1. The molecule has 1 saturated carbocycles. The second-order valence-corrected chi connectivity index (χ2v) is 6.06. The molecule has 1 aliphatic carbocycles. The Morgan fingerprint density at radius 2 is 2.29 bits per heavy atom. The molecule has 0 aromatic carbocycles. The zero-order valence-corrected chi connectivity index (χ0v) is 13.0. The monoisotopic (exact) mass is 291 g/mol. The van der Waals surface area contributed by atoms with Crippen molar-refractivity contribution >= 4 is 0 Å². The van der Waals surface area contributed by atoms with E-state index in [-0.39, 0.29) is 12.2 Å². The van der Waals surface area contributed by atoms with Gasteiger partial charge in [-0.2, -0.15) is 0 Å². The molecule has 116 valence electrons. The fourth-order valence-corrected chi connectivity index (χ4v) is 3.49. The number of morpholine rings is 1. The lowest BCUT2D eigenvalue weighted by Crippen LogP contribution is -2.51. The highest BCUT2D eigenvalue weighted by atomic mass is 16.5. The zero-order chi connectivity index (χ0) is 14.8. The number of fused-ring (bicyclic) bond motifs is 1. The van der Waals surface area contributed by atoms with Crippen molar-refractivity contribution in [3.05, 3.63) is 35.8 Å². The molecule has 0 radical (unpaired) electrons. The molecule has 0 amide bonds. The maximum Gasteiger partial charge on any atom is 0.118 e. The molecule has 2 fully saturated rings. The van der Waals surface area contributed by atoms with Crippen molar-refractivity contribution in [1.82, 2.24) is 4.90 Å². The number of nitrogens with zero attached hydrogens (tertiary/aromatic N) is 1. The molecule has 4 nitrogen and oxygen atoms in total. The molecule has 1 aliphatic heterocycles. The lowest BCUT2D eigenvalue weighted by molar-refractivity contribution is -0.112. The van der Waals surface area contributed by atoms with Crippen molar-refractivity contribution in [1.29, 1.82) is 0 Å². The van der Waals surface area contributed by atoms with E-state index in [1.807, 2.05) is 13.0 Å². The predicted octanol–water partition coefficient (Wildman–Crippen LogP) is 2.83. The van der Waals surface area contributed by atoms with Crippen molar-refractivity contribution in [2.45, 2.75) is 51.5 Å². The Morgan fingerprint density at radius 3 is 3.00 bits per heavy atom. The first-order valence-electron chi connectivity index (χ1n) is 7.83. The number of ether oxygens (including phenoxy) is 2. The maximum absolute atomic E-state index is 5.98. The van der Waals surface area contributed by atoms with Gasteiger partial charge in [0.25, 0.3) is 0 Å². The molecule has 1 saturated heterocycles. The molecule has 0 N–H and O–H groups in total. The van der Waals surface area contributed by atoms with Crippen LogP contribution in [0.15, 0.2) is 23.1 Å². The SMILES string of the molecule is C=CCO[C@@H]1CC[C@H]2[C@H]1OCCN2Cc1cc(C)c(C)o1. The summed E-state index contributed by atoms with van der Waals surface area (Å²) in [6.45, 7) is 11.0. The van der Waals surface area contributed by atoms with Crippen LogP contribution < -0.4 is 0 Å². The van der Waals surface area contributed by atoms with Crippen LogP contribution in [0.3, 0.4) is 0 Å². The smallest absolute Gasteiger partial charge is 0.118 e. The molecule has 0 spiro atoms. The maximum atomic E-state index is 5.98. The summed E-state index contributed by atoms with van der Waals surface area (Å²) in [5.41, 5.74) is 1.23. The van der Waals surface area contributed by atoms with Gasteiger partial charge in [-0.25, -0.2) is 0 Å². The summed E-state index contributed by atoms with van der Waals surface area (Å²) in [5, 5.41) is 0. The summed E-state index contributed by atoms with van der Waals surface area (Å²) >= 11 is 0. The van der Waals surface area contributed by atoms with E-state index in [1.54, 1.807) is 0 Å². The summed E-state index contributed by atoms with van der Waals surface area (Å²) in [6, 6.07) is 2.60. The highest BCUT2D eigenvalue weighted by Crippen LogP contribution is 2.33. The highest BCUT2D eigenvalue weighted by molar-refractivity contribution is 5.18. The van der Waals surface area contributed by atoms with Crippen molar-refractivity contribution < 1.29 is 13.9 Å². The molecule has 1 aromatic rings. The van der Waals surface area contributed by atoms with E-state index in [0.717, 1.165) is 44.1 Å². The van der Waals surface area contributed by atoms with E-state index in [0.29, 0.717) is 12.6 Å². The van der Waals surface area contributed by atoms with Gasteiger partial charge in [0.05, 0.1) is 32.0 Å². The first-order valence-corrected chi connectivity index (χ1v) is 7.83. The number of hydrogen-bond acceptors (Lipinski definition) is 4. The third-order valence-corrected chi connectivity index (χ3v) is 4.65. The van der Waals surface area contributed by atoms with Crippen molar-refractivity contribution in [3.8, 4) is 0 Å². The summed E-state index contributed by atoms with van der Waals surface area (Å²) in [7, 11) is 0. The Bertz CT molecular complexity index is 477. The van der Waals surface area contributed by atoms with Crippen LogP contribution in [0.5, 0.6) is 0 Å². The Balaban J connectivity index is 1.65.